The summed E-state index contributed by atoms with van der Waals surface area (Å²) in [7, 11) is -0.447. The van der Waals surface area contributed by atoms with E-state index in [9.17, 15) is 8.42 Å². The molecule has 0 spiro atoms. The predicted molar refractivity (Wildman–Crippen MR) is 87.5 cm³/mol. The largest absolute Gasteiger partial charge is 0.493 e. The molecule has 0 radical (unpaired) electrons. The average Bonchev–Trinajstić information content (AvgIpc) is 3.38. The second-order valence-electron chi connectivity index (χ2n) is 6.16. The fraction of sp³-hybridized carbons (Fsp3) is 0.625. The van der Waals surface area contributed by atoms with Crippen molar-refractivity contribution < 1.29 is 17.9 Å². The maximum absolute atomic E-state index is 12.8. The molecule has 1 aliphatic carbocycles. The summed E-state index contributed by atoms with van der Waals surface area (Å²) in [6.45, 7) is 3.82. The van der Waals surface area contributed by atoms with E-state index < -0.39 is 10.0 Å². The molecule has 1 aromatic carbocycles. The SMILES string of the molecule is COc1ccc(S(=O)(=O)N2CCN(CC3CC3)CC2)cc1OC. The minimum absolute atomic E-state index is 0.255. The van der Waals surface area contributed by atoms with Crippen molar-refractivity contribution >= 4 is 10.0 Å². The molecule has 0 amide bonds. The summed E-state index contributed by atoms with van der Waals surface area (Å²) in [5.74, 6) is 1.80. The zero-order chi connectivity index (χ0) is 16.4. The highest BCUT2D eigenvalue weighted by Gasteiger charge is 2.31. The van der Waals surface area contributed by atoms with Gasteiger partial charge in [-0.1, -0.05) is 0 Å². The molecule has 1 saturated carbocycles. The van der Waals surface area contributed by atoms with E-state index in [0.717, 1.165) is 25.6 Å². The molecule has 128 valence electrons. The van der Waals surface area contributed by atoms with Crippen LogP contribution < -0.4 is 9.47 Å². The maximum Gasteiger partial charge on any atom is 0.243 e. The van der Waals surface area contributed by atoms with Crippen molar-refractivity contribution in [3.05, 3.63) is 18.2 Å². The third-order valence-electron chi connectivity index (χ3n) is 4.54. The van der Waals surface area contributed by atoms with Crippen LogP contribution in [0.1, 0.15) is 12.8 Å². The van der Waals surface area contributed by atoms with Crippen LogP contribution in [0.4, 0.5) is 0 Å². The average molecular weight is 340 g/mol. The van der Waals surface area contributed by atoms with Crippen LogP contribution in [0.2, 0.25) is 0 Å². The van der Waals surface area contributed by atoms with E-state index in [4.69, 9.17) is 9.47 Å². The second-order valence-corrected chi connectivity index (χ2v) is 8.10. The monoisotopic (exact) mass is 340 g/mol. The minimum atomic E-state index is -3.48. The fourth-order valence-corrected chi connectivity index (χ4v) is 4.38. The molecule has 2 aliphatic rings. The smallest absolute Gasteiger partial charge is 0.243 e. The summed E-state index contributed by atoms with van der Waals surface area (Å²) >= 11 is 0. The van der Waals surface area contributed by atoms with Gasteiger partial charge in [-0.05, 0) is 30.9 Å². The van der Waals surface area contributed by atoms with Crippen LogP contribution >= 0.6 is 0 Å². The van der Waals surface area contributed by atoms with E-state index in [0.29, 0.717) is 24.6 Å². The van der Waals surface area contributed by atoms with E-state index in [1.165, 1.54) is 33.1 Å². The topological polar surface area (TPSA) is 59.1 Å². The second kappa shape index (κ2) is 6.67. The van der Waals surface area contributed by atoms with Crippen molar-refractivity contribution in [1.82, 2.24) is 9.21 Å². The van der Waals surface area contributed by atoms with E-state index in [2.05, 4.69) is 4.90 Å². The highest BCUT2D eigenvalue weighted by molar-refractivity contribution is 7.89. The highest BCUT2D eigenvalue weighted by Crippen LogP contribution is 2.32. The van der Waals surface area contributed by atoms with Crippen LogP contribution in [0.15, 0.2) is 23.1 Å². The van der Waals surface area contributed by atoms with Crippen molar-refractivity contribution in [2.24, 2.45) is 5.92 Å². The zero-order valence-corrected chi connectivity index (χ0v) is 14.5. The molecule has 1 saturated heterocycles. The molecular formula is C16H24N2O4S. The van der Waals surface area contributed by atoms with Gasteiger partial charge in [0.2, 0.25) is 10.0 Å². The third kappa shape index (κ3) is 3.62. The lowest BCUT2D eigenvalue weighted by Crippen LogP contribution is -2.49. The quantitative estimate of drug-likeness (QED) is 0.784. The minimum Gasteiger partial charge on any atom is -0.493 e. The zero-order valence-electron chi connectivity index (χ0n) is 13.7. The fourth-order valence-electron chi connectivity index (χ4n) is 2.94. The van der Waals surface area contributed by atoms with Gasteiger partial charge in [0.15, 0.2) is 11.5 Å². The molecule has 23 heavy (non-hydrogen) atoms. The molecule has 1 aromatic rings. The van der Waals surface area contributed by atoms with Crippen LogP contribution in [0.25, 0.3) is 0 Å². The van der Waals surface area contributed by atoms with E-state index in [-0.39, 0.29) is 4.90 Å². The van der Waals surface area contributed by atoms with E-state index >= 15 is 0 Å². The summed E-state index contributed by atoms with van der Waals surface area (Å²) in [5.41, 5.74) is 0. The van der Waals surface area contributed by atoms with Crippen LogP contribution in [0.3, 0.4) is 0 Å². The van der Waals surface area contributed by atoms with Crippen LogP contribution in [-0.2, 0) is 10.0 Å². The number of nitrogens with zero attached hydrogens (tertiary/aromatic N) is 2. The van der Waals surface area contributed by atoms with Gasteiger partial charge in [-0.15, -0.1) is 0 Å². The van der Waals surface area contributed by atoms with Gasteiger partial charge < -0.3 is 14.4 Å². The Bertz CT molecular complexity index is 650. The Hall–Kier alpha value is -1.31. The van der Waals surface area contributed by atoms with Gasteiger partial charge in [0, 0.05) is 38.8 Å². The van der Waals surface area contributed by atoms with Gasteiger partial charge in [-0.2, -0.15) is 4.31 Å². The first-order valence-electron chi connectivity index (χ1n) is 7.99. The van der Waals surface area contributed by atoms with Gasteiger partial charge in [-0.25, -0.2) is 8.42 Å². The first-order valence-corrected chi connectivity index (χ1v) is 9.43. The Morgan fingerprint density at radius 2 is 1.70 bits per heavy atom. The molecule has 2 fully saturated rings. The Morgan fingerprint density at radius 3 is 2.26 bits per heavy atom. The Labute approximate surface area is 138 Å². The molecule has 1 heterocycles. The van der Waals surface area contributed by atoms with Crippen molar-refractivity contribution in [2.75, 3.05) is 46.9 Å². The molecular weight excluding hydrogens is 316 g/mol. The molecule has 3 rings (SSSR count). The first kappa shape index (κ1) is 16.5. The van der Waals surface area contributed by atoms with E-state index in [1.807, 2.05) is 0 Å². The Balaban J connectivity index is 1.71. The Morgan fingerprint density at radius 1 is 1.04 bits per heavy atom. The van der Waals surface area contributed by atoms with Crippen molar-refractivity contribution in [2.45, 2.75) is 17.7 Å². The van der Waals surface area contributed by atoms with Crippen molar-refractivity contribution in [3.63, 3.8) is 0 Å². The molecule has 6 nitrogen and oxygen atoms in total. The summed E-state index contributed by atoms with van der Waals surface area (Å²) in [5, 5.41) is 0. The molecule has 0 unspecified atom stereocenters. The maximum atomic E-state index is 12.8. The number of hydrogen-bond acceptors (Lipinski definition) is 5. The van der Waals surface area contributed by atoms with Gasteiger partial charge in [-0.3, -0.25) is 0 Å². The number of rotatable bonds is 6. The molecule has 1 aliphatic heterocycles. The van der Waals surface area contributed by atoms with Gasteiger partial charge >= 0.3 is 0 Å². The molecule has 0 N–H and O–H groups in total. The number of hydrogen-bond donors (Lipinski definition) is 0. The normalized spacial score (nSPS) is 20.4. The summed E-state index contributed by atoms with van der Waals surface area (Å²) in [6, 6.07) is 4.74. The lowest BCUT2D eigenvalue weighted by molar-refractivity contribution is 0.182. The number of piperazine rings is 1. The third-order valence-corrected chi connectivity index (χ3v) is 6.43. The van der Waals surface area contributed by atoms with Crippen molar-refractivity contribution in [3.8, 4) is 11.5 Å². The lowest BCUT2D eigenvalue weighted by atomic mass is 10.3. The molecule has 0 atom stereocenters. The van der Waals surface area contributed by atoms with Gasteiger partial charge in [0.25, 0.3) is 0 Å². The van der Waals surface area contributed by atoms with Crippen LogP contribution in [0, 0.1) is 5.92 Å². The summed E-state index contributed by atoms with van der Waals surface area (Å²) in [6.07, 6.45) is 2.65. The molecule has 0 bridgehead atoms. The Kier molecular flexibility index (Phi) is 4.79. The van der Waals surface area contributed by atoms with Gasteiger partial charge in [0.05, 0.1) is 19.1 Å². The number of methoxy groups -OCH3 is 2. The van der Waals surface area contributed by atoms with E-state index in [1.54, 1.807) is 16.4 Å². The molecule has 7 heteroatoms. The number of benzene rings is 1. The summed E-state index contributed by atoms with van der Waals surface area (Å²) in [4.78, 5) is 2.63. The van der Waals surface area contributed by atoms with Crippen LogP contribution in [-0.4, -0.2) is 64.6 Å². The lowest BCUT2D eigenvalue weighted by Gasteiger charge is -2.34. The predicted octanol–water partition coefficient (Wildman–Crippen LogP) is 1.42. The first-order chi connectivity index (χ1) is 11.0. The standard InChI is InChI=1S/C16H24N2O4S/c1-21-15-6-5-14(11-16(15)22-2)23(19,20)18-9-7-17(8-10-18)12-13-3-4-13/h5-6,11,13H,3-4,7-10,12H2,1-2H3. The number of ether oxygens (including phenoxy) is 2. The number of sulfonamides is 1. The van der Waals surface area contributed by atoms with Gasteiger partial charge in [0.1, 0.15) is 0 Å². The van der Waals surface area contributed by atoms with Crippen LogP contribution in [0.5, 0.6) is 11.5 Å². The van der Waals surface area contributed by atoms with Crippen molar-refractivity contribution in [1.29, 1.82) is 0 Å². The summed E-state index contributed by atoms with van der Waals surface area (Å²) < 4.78 is 37.6. The molecule has 0 aromatic heterocycles. The highest BCUT2D eigenvalue weighted by atomic mass is 32.2.